The number of ether oxygens (including phenoxy) is 2. The predicted octanol–water partition coefficient (Wildman–Crippen LogP) is 4.72. The van der Waals surface area contributed by atoms with Crippen molar-refractivity contribution in [3.8, 4) is 0 Å². The summed E-state index contributed by atoms with van der Waals surface area (Å²) in [5.41, 5.74) is 0.468. The topological polar surface area (TPSA) is 99.6 Å². The number of alkyl halides is 1. The fourth-order valence-electron chi connectivity index (χ4n) is 7.32. The average molecular weight is 675 g/mol. The lowest BCUT2D eigenvalue weighted by atomic mass is 9.70. The Bertz CT molecular complexity index is 1210. The number of carbonyl (C=O) groups is 3. The van der Waals surface area contributed by atoms with E-state index in [1.807, 2.05) is 38.1 Å². The second-order valence-corrected chi connectivity index (χ2v) is 13.2. The predicted molar refractivity (Wildman–Crippen MR) is 176 cm³/mol. The van der Waals surface area contributed by atoms with Gasteiger partial charge >= 0.3 is 5.97 Å². The molecule has 2 bridgehead atoms. The standard InChI is InChI=1S/C34H48BrN3O6/c1-7-12-13-19-43-33(42)27-28-31(40)38(26(21-39)22(6)9-3)30(34(28)20-25(35)29(27)44-34)32(41)37(18-8-2)24-16-14-23(15-17-24)36(10-4)11-5/h7-8,14-17,22,25-30,39H,1-2,9-13,18-21H2,3-6H3/t22-,25?,26-,27-,28-,29-,30?,34?/m0/s1. The number of esters is 1. The minimum absolute atomic E-state index is 0.100. The van der Waals surface area contributed by atoms with E-state index >= 15 is 0 Å². The van der Waals surface area contributed by atoms with Crippen LogP contribution in [0.25, 0.3) is 0 Å². The molecule has 3 unspecified atom stereocenters. The van der Waals surface area contributed by atoms with E-state index in [9.17, 15) is 19.5 Å². The molecule has 3 aliphatic rings. The molecule has 0 aliphatic carbocycles. The van der Waals surface area contributed by atoms with E-state index in [1.54, 1.807) is 22.0 Å². The van der Waals surface area contributed by atoms with Crippen molar-refractivity contribution in [3.05, 3.63) is 49.6 Å². The summed E-state index contributed by atoms with van der Waals surface area (Å²) in [5, 5.41) is 10.6. The van der Waals surface area contributed by atoms with E-state index in [0.29, 0.717) is 31.4 Å². The third-order valence-corrected chi connectivity index (χ3v) is 10.6. The van der Waals surface area contributed by atoms with Gasteiger partial charge in [0.25, 0.3) is 5.91 Å². The molecule has 44 heavy (non-hydrogen) atoms. The normalized spacial score (nSPS) is 28.4. The van der Waals surface area contributed by atoms with Crippen molar-refractivity contribution in [1.29, 1.82) is 0 Å². The summed E-state index contributed by atoms with van der Waals surface area (Å²) in [6.45, 7) is 17.6. The highest BCUT2D eigenvalue weighted by atomic mass is 79.9. The van der Waals surface area contributed by atoms with E-state index in [4.69, 9.17) is 9.47 Å². The molecule has 0 saturated carbocycles. The number of unbranched alkanes of at least 4 members (excludes halogenated alkanes) is 1. The van der Waals surface area contributed by atoms with Gasteiger partial charge in [-0.3, -0.25) is 14.4 Å². The Morgan fingerprint density at radius 1 is 1.18 bits per heavy atom. The maximum Gasteiger partial charge on any atom is 0.312 e. The van der Waals surface area contributed by atoms with Crippen LogP contribution in [-0.2, 0) is 23.9 Å². The molecule has 1 spiro atoms. The fourth-order valence-corrected chi connectivity index (χ4v) is 8.26. The number of anilines is 2. The first-order valence-electron chi connectivity index (χ1n) is 15.9. The molecule has 1 N–H and O–H groups in total. The summed E-state index contributed by atoms with van der Waals surface area (Å²) in [6.07, 6.45) is 5.23. The molecule has 3 heterocycles. The Morgan fingerprint density at radius 3 is 2.41 bits per heavy atom. The van der Waals surface area contributed by atoms with Crippen LogP contribution in [0.3, 0.4) is 0 Å². The van der Waals surface area contributed by atoms with Crippen molar-refractivity contribution in [2.24, 2.45) is 17.8 Å². The lowest BCUT2D eigenvalue weighted by Crippen LogP contribution is -2.60. The number of carbonyl (C=O) groups excluding carboxylic acids is 3. The molecule has 0 radical (unpaired) electrons. The van der Waals surface area contributed by atoms with Crippen molar-refractivity contribution in [1.82, 2.24) is 4.90 Å². The van der Waals surface area contributed by atoms with Crippen LogP contribution < -0.4 is 9.80 Å². The maximum atomic E-state index is 14.9. The molecule has 3 aliphatic heterocycles. The molecule has 1 aromatic rings. The van der Waals surface area contributed by atoms with Crippen molar-refractivity contribution >= 4 is 45.1 Å². The third-order valence-electron chi connectivity index (χ3n) is 9.74. The number of likely N-dealkylation sites (tertiary alicyclic amines) is 1. The lowest BCUT2D eigenvalue weighted by molar-refractivity contribution is -0.156. The zero-order valence-corrected chi connectivity index (χ0v) is 28.1. The van der Waals surface area contributed by atoms with Crippen LogP contribution in [-0.4, -0.2) is 89.3 Å². The summed E-state index contributed by atoms with van der Waals surface area (Å²) in [6, 6.07) is 6.13. The summed E-state index contributed by atoms with van der Waals surface area (Å²) < 4.78 is 12.3. The van der Waals surface area contributed by atoms with Gasteiger partial charge in [-0.2, -0.15) is 0 Å². The van der Waals surface area contributed by atoms with Crippen LogP contribution in [0.15, 0.2) is 49.6 Å². The molecule has 0 aromatic heterocycles. The highest BCUT2D eigenvalue weighted by Crippen LogP contribution is 2.61. The number of nitrogens with zero attached hydrogens (tertiary/aromatic N) is 3. The van der Waals surface area contributed by atoms with Gasteiger partial charge in [0, 0.05) is 35.8 Å². The molecule has 3 fully saturated rings. The minimum atomic E-state index is -1.25. The van der Waals surface area contributed by atoms with Crippen LogP contribution in [0.4, 0.5) is 11.4 Å². The van der Waals surface area contributed by atoms with Gasteiger partial charge in [-0.1, -0.05) is 48.4 Å². The first-order chi connectivity index (χ1) is 21.1. The molecule has 8 atom stereocenters. The summed E-state index contributed by atoms with van der Waals surface area (Å²) in [4.78, 5) is 48.1. The largest absolute Gasteiger partial charge is 0.465 e. The second-order valence-electron chi connectivity index (χ2n) is 12.1. The number of benzene rings is 1. The van der Waals surface area contributed by atoms with E-state index in [-0.39, 0.29) is 42.3 Å². The van der Waals surface area contributed by atoms with Gasteiger partial charge in [-0.15, -0.1) is 13.2 Å². The number of aliphatic hydroxyl groups excluding tert-OH is 1. The molecule has 3 saturated heterocycles. The first-order valence-corrected chi connectivity index (χ1v) is 16.9. The molecule has 2 amide bonds. The van der Waals surface area contributed by atoms with Gasteiger partial charge < -0.3 is 29.3 Å². The van der Waals surface area contributed by atoms with Crippen molar-refractivity contribution in [2.45, 2.75) is 82.0 Å². The Kier molecular flexibility index (Phi) is 11.3. The third kappa shape index (κ3) is 5.97. The first kappa shape index (κ1) is 34.2. The molecular formula is C34H48BrN3O6. The van der Waals surface area contributed by atoms with E-state index in [1.165, 1.54) is 0 Å². The Labute approximate surface area is 270 Å². The fraction of sp³-hybridized carbons (Fsp3) is 0.618. The van der Waals surface area contributed by atoms with E-state index < -0.39 is 41.6 Å². The summed E-state index contributed by atoms with van der Waals surface area (Å²) in [7, 11) is 0. The van der Waals surface area contributed by atoms with Crippen LogP contribution in [0, 0.1) is 17.8 Å². The Balaban J connectivity index is 1.78. The maximum absolute atomic E-state index is 14.9. The quantitative estimate of drug-likeness (QED) is 0.117. The number of halogens is 1. The summed E-state index contributed by atoms with van der Waals surface area (Å²) >= 11 is 3.72. The van der Waals surface area contributed by atoms with Crippen LogP contribution in [0.2, 0.25) is 0 Å². The molecule has 10 heteroatoms. The van der Waals surface area contributed by atoms with Crippen LogP contribution >= 0.6 is 15.9 Å². The van der Waals surface area contributed by atoms with Gasteiger partial charge in [-0.25, -0.2) is 0 Å². The van der Waals surface area contributed by atoms with Gasteiger partial charge in [0.1, 0.15) is 11.6 Å². The number of hydrogen-bond acceptors (Lipinski definition) is 7. The smallest absolute Gasteiger partial charge is 0.312 e. The van der Waals surface area contributed by atoms with Gasteiger partial charge in [0.15, 0.2) is 0 Å². The number of allylic oxidation sites excluding steroid dienone is 1. The monoisotopic (exact) mass is 673 g/mol. The molecule has 242 valence electrons. The average Bonchev–Trinajstić information content (AvgIpc) is 3.62. The SMILES string of the molecule is C=CCCCOC(=O)[C@H]1[C@H]2C(=O)N([C@@H](CO)[C@@H](C)CC)C(C(=O)N(CC=C)c3ccc(N(CC)CC)cc3)C23CC(Br)[C@@H]1O3. The van der Waals surface area contributed by atoms with Crippen molar-refractivity contribution in [3.63, 3.8) is 0 Å². The molecular weight excluding hydrogens is 626 g/mol. The van der Waals surface area contributed by atoms with Crippen molar-refractivity contribution in [2.75, 3.05) is 42.6 Å². The number of amides is 2. The Hall–Kier alpha value is -2.69. The van der Waals surface area contributed by atoms with Gasteiger partial charge in [-0.05, 0) is 63.3 Å². The molecule has 9 nitrogen and oxygen atoms in total. The number of hydrogen-bond donors (Lipinski definition) is 1. The van der Waals surface area contributed by atoms with Gasteiger partial charge in [0.2, 0.25) is 5.91 Å². The zero-order chi connectivity index (χ0) is 32.2. The van der Waals surface area contributed by atoms with Crippen LogP contribution in [0.1, 0.15) is 53.4 Å². The lowest BCUT2D eigenvalue weighted by Gasteiger charge is -2.41. The summed E-state index contributed by atoms with van der Waals surface area (Å²) in [5.74, 6) is -3.00. The van der Waals surface area contributed by atoms with Gasteiger partial charge in [0.05, 0.1) is 37.2 Å². The van der Waals surface area contributed by atoms with E-state index in [0.717, 1.165) is 18.8 Å². The Morgan fingerprint density at radius 2 is 1.84 bits per heavy atom. The minimum Gasteiger partial charge on any atom is -0.465 e. The highest BCUT2D eigenvalue weighted by Gasteiger charge is 2.77. The number of aliphatic hydroxyl groups is 1. The molecule has 4 rings (SSSR count). The van der Waals surface area contributed by atoms with Crippen molar-refractivity contribution < 1.29 is 29.0 Å². The number of rotatable bonds is 16. The van der Waals surface area contributed by atoms with Crippen LogP contribution in [0.5, 0.6) is 0 Å². The second kappa shape index (κ2) is 14.6. The zero-order valence-electron chi connectivity index (χ0n) is 26.5. The molecule has 1 aromatic carbocycles. The van der Waals surface area contributed by atoms with E-state index in [2.05, 4.69) is 47.8 Å². The highest BCUT2D eigenvalue weighted by molar-refractivity contribution is 9.09. The number of fused-ring (bicyclic) bond motifs is 1.